The molecule has 0 spiro atoms. The Morgan fingerprint density at radius 1 is 1.36 bits per heavy atom. The fourth-order valence-electron chi connectivity index (χ4n) is 2.81. The van der Waals surface area contributed by atoms with E-state index < -0.39 is 0 Å². The second-order valence-corrected chi connectivity index (χ2v) is 6.35. The van der Waals surface area contributed by atoms with Gasteiger partial charge in [0, 0.05) is 26.2 Å². The number of nitrogens with zero attached hydrogens (tertiary/aromatic N) is 4. The summed E-state index contributed by atoms with van der Waals surface area (Å²) in [6.07, 6.45) is 2.62. The topological polar surface area (TPSA) is 74.5 Å². The minimum Gasteiger partial charge on any atom is -0.339 e. The summed E-state index contributed by atoms with van der Waals surface area (Å²) < 4.78 is 5.24. The van der Waals surface area contributed by atoms with Crippen molar-refractivity contribution in [2.45, 2.75) is 32.7 Å². The summed E-state index contributed by atoms with van der Waals surface area (Å²) in [6.45, 7) is 8.57. The number of nitrogens with one attached hydrogen (secondary N) is 1. The van der Waals surface area contributed by atoms with Crippen molar-refractivity contribution >= 4 is 5.91 Å². The number of aromatic nitrogens is 2. The van der Waals surface area contributed by atoms with E-state index in [1.807, 2.05) is 11.8 Å². The van der Waals surface area contributed by atoms with E-state index in [0.29, 0.717) is 18.3 Å². The van der Waals surface area contributed by atoms with Crippen LogP contribution in [0.25, 0.3) is 0 Å². The van der Waals surface area contributed by atoms with Crippen LogP contribution < -0.4 is 5.32 Å². The van der Waals surface area contributed by atoms with Crippen LogP contribution in [0.4, 0.5) is 0 Å². The van der Waals surface area contributed by atoms with Crippen molar-refractivity contribution in [1.82, 2.24) is 25.3 Å². The van der Waals surface area contributed by atoms with Crippen molar-refractivity contribution < 1.29 is 9.32 Å². The van der Waals surface area contributed by atoms with E-state index in [0.717, 1.165) is 38.6 Å². The quantitative estimate of drug-likeness (QED) is 0.829. The second-order valence-electron chi connectivity index (χ2n) is 6.35. The molecule has 22 heavy (non-hydrogen) atoms. The van der Waals surface area contributed by atoms with Gasteiger partial charge in [0.05, 0.1) is 12.6 Å². The third-order valence-corrected chi connectivity index (χ3v) is 4.52. The zero-order valence-corrected chi connectivity index (χ0v) is 13.4. The predicted octanol–water partition coefficient (Wildman–Crippen LogP) is 0.583. The number of rotatable bonds is 6. The summed E-state index contributed by atoms with van der Waals surface area (Å²) in [5.74, 6) is 2.34. The Labute approximate surface area is 131 Å². The first kappa shape index (κ1) is 15.4. The average molecular weight is 307 g/mol. The molecule has 1 aliphatic carbocycles. The van der Waals surface area contributed by atoms with Crippen molar-refractivity contribution in [3.63, 3.8) is 0 Å². The summed E-state index contributed by atoms with van der Waals surface area (Å²) in [4.78, 5) is 20.7. The monoisotopic (exact) mass is 307 g/mol. The van der Waals surface area contributed by atoms with Gasteiger partial charge in [0.2, 0.25) is 11.8 Å². The molecular formula is C15H25N5O2. The first-order valence-electron chi connectivity index (χ1n) is 8.16. The third-order valence-electron chi connectivity index (χ3n) is 4.52. The molecule has 1 saturated carbocycles. The molecule has 1 atom stereocenters. The molecule has 1 unspecified atom stereocenters. The van der Waals surface area contributed by atoms with Crippen LogP contribution in [0.15, 0.2) is 4.52 Å². The molecule has 1 aliphatic heterocycles. The van der Waals surface area contributed by atoms with Crippen LogP contribution in [-0.2, 0) is 4.79 Å². The van der Waals surface area contributed by atoms with Crippen LogP contribution in [-0.4, -0.2) is 65.1 Å². The van der Waals surface area contributed by atoms with Gasteiger partial charge >= 0.3 is 0 Å². The molecule has 122 valence electrons. The molecule has 1 aromatic rings. The minimum atomic E-state index is 0.103. The molecule has 2 heterocycles. The fraction of sp³-hybridized carbons (Fsp3) is 0.800. The van der Waals surface area contributed by atoms with Crippen molar-refractivity contribution in [3.05, 3.63) is 11.7 Å². The first-order valence-corrected chi connectivity index (χ1v) is 8.16. The van der Waals surface area contributed by atoms with E-state index in [4.69, 9.17) is 4.52 Å². The third kappa shape index (κ3) is 3.84. The van der Waals surface area contributed by atoms with Crippen LogP contribution in [0.2, 0.25) is 0 Å². The standard InChI is InChI=1S/C15H25N5O2/c1-11(15-17-12(2)18-22-15)19-5-7-20(8-6-19)14(21)10-16-9-13-3-4-13/h11,13,16H,3-10H2,1-2H3. The molecule has 1 aromatic heterocycles. The number of hydrogen-bond acceptors (Lipinski definition) is 6. The molecule has 0 radical (unpaired) electrons. The lowest BCUT2D eigenvalue weighted by molar-refractivity contribution is -0.132. The molecule has 1 N–H and O–H groups in total. The molecule has 7 nitrogen and oxygen atoms in total. The van der Waals surface area contributed by atoms with Gasteiger partial charge in [-0.15, -0.1) is 0 Å². The Morgan fingerprint density at radius 3 is 2.68 bits per heavy atom. The van der Waals surface area contributed by atoms with E-state index in [1.54, 1.807) is 0 Å². The lowest BCUT2D eigenvalue weighted by Gasteiger charge is -2.36. The van der Waals surface area contributed by atoms with E-state index in [9.17, 15) is 4.79 Å². The summed E-state index contributed by atoms with van der Waals surface area (Å²) in [5, 5.41) is 7.11. The van der Waals surface area contributed by atoms with Gasteiger partial charge in [-0.3, -0.25) is 9.69 Å². The molecular weight excluding hydrogens is 282 g/mol. The molecule has 1 amide bonds. The maximum absolute atomic E-state index is 12.2. The summed E-state index contributed by atoms with van der Waals surface area (Å²) in [5.41, 5.74) is 0. The van der Waals surface area contributed by atoms with Crippen LogP contribution in [0.5, 0.6) is 0 Å². The first-order chi connectivity index (χ1) is 10.6. The number of hydrogen-bond donors (Lipinski definition) is 1. The number of carbonyl (C=O) groups excluding carboxylic acids is 1. The Bertz CT molecular complexity index is 506. The maximum Gasteiger partial charge on any atom is 0.243 e. The maximum atomic E-state index is 12.2. The van der Waals surface area contributed by atoms with Crippen molar-refractivity contribution in [3.8, 4) is 0 Å². The zero-order valence-electron chi connectivity index (χ0n) is 13.4. The lowest BCUT2D eigenvalue weighted by atomic mass is 10.2. The van der Waals surface area contributed by atoms with Gasteiger partial charge in [0.15, 0.2) is 5.82 Å². The highest BCUT2D eigenvalue weighted by atomic mass is 16.5. The molecule has 2 fully saturated rings. The van der Waals surface area contributed by atoms with E-state index in [1.165, 1.54) is 12.8 Å². The SMILES string of the molecule is Cc1noc(C(C)N2CCN(C(=O)CNCC3CC3)CC2)n1. The van der Waals surface area contributed by atoms with Crippen molar-refractivity contribution in [2.75, 3.05) is 39.3 Å². The fourth-order valence-corrected chi connectivity index (χ4v) is 2.81. The van der Waals surface area contributed by atoms with E-state index in [2.05, 4.69) is 27.3 Å². The lowest BCUT2D eigenvalue weighted by Crippen LogP contribution is -2.51. The number of amides is 1. The van der Waals surface area contributed by atoms with E-state index >= 15 is 0 Å². The van der Waals surface area contributed by atoms with Crippen molar-refractivity contribution in [1.29, 1.82) is 0 Å². The van der Waals surface area contributed by atoms with Crippen LogP contribution in [0, 0.1) is 12.8 Å². The Kier molecular flexibility index (Phi) is 4.73. The normalized spacial score (nSPS) is 21.1. The van der Waals surface area contributed by atoms with Gasteiger partial charge < -0.3 is 14.7 Å². The van der Waals surface area contributed by atoms with Gasteiger partial charge in [-0.25, -0.2) is 0 Å². The molecule has 2 aliphatic rings. The molecule has 3 rings (SSSR count). The largest absolute Gasteiger partial charge is 0.339 e. The number of aryl methyl sites for hydroxylation is 1. The van der Waals surface area contributed by atoms with Crippen LogP contribution >= 0.6 is 0 Å². The van der Waals surface area contributed by atoms with Gasteiger partial charge in [-0.05, 0) is 39.2 Å². The van der Waals surface area contributed by atoms with Gasteiger partial charge in [-0.1, -0.05) is 5.16 Å². The van der Waals surface area contributed by atoms with Gasteiger partial charge in [-0.2, -0.15) is 4.98 Å². The molecule has 1 saturated heterocycles. The Morgan fingerprint density at radius 2 is 2.09 bits per heavy atom. The summed E-state index contributed by atoms with van der Waals surface area (Å²) in [7, 11) is 0. The molecule has 7 heteroatoms. The van der Waals surface area contributed by atoms with E-state index in [-0.39, 0.29) is 11.9 Å². The molecule has 0 bridgehead atoms. The summed E-state index contributed by atoms with van der Waals surface area (Å²) >= 11 is 0. The highest BCUT2D eigenvalue weighted by Crippen LogP contribution is 2.27. The second kappa shape index (κ2) is 6.75. The highest BCUT2D eigenvalue weighted by molar-refractivity contribution is 5.78. The van der Waals surface area contributed by atoms with Gasteiger partial charge in [0.25, 0.3) is 0 Å². The number of carbonyl (C=O) groups is 1. The minimum absolute atomic E-state index is 0.103. The van der Waals surface area contributed by atoms with Crippen molar-refractivity contribution in [2.24, 2.45) is 5.92 Å². The summed E-state index contributed by atoms with van der Waals surface area (Å²) in [6, 6.07) is 0.103. The zero-order chi connectivity index (χ0) is 15.5. The Hall–Kier alpha value is -1.47. The smallest absolute Gasteiger partial charge is 0.243 e. The number of piperazine rings is 1. The molecule has 0 aromatic carbocycles. The van der Waals surface area contributed by atoms with Crippen LogP contribution in [0.3, 0.4) is 0 Å². The highest BCUT2D eigenvalue weighted by Gasteiger charge is 2.27. The van der Waals surface area contributed by atoms with Gasteiger partial charge in [0.1, 0.15) is 0 Å². The van der Waals surface area contributed by atoms with Crippen LogP contribution in [0.1, 0.15) is 37.5 Å². The average Bonchev–Trinajstić information content (AvgIpc) is 3.25. The predicted molar refractivity (Wildman–Crippen MR) is 81.2 cm³/mol. The Balaban J connectivity index is 1.42.